The number of fused-ring (bicyclic) bond motifs is 3. The summed E-state index contributed by atoms with van der Waals surface area (Å²) in [5.41, 5.74) is 10.6. The molecular weight excluding hydrogens is 518 g/mol. The summed E-state index contributed by atoms with van der Waals surface area (Å²) in [6.07, 6.45) is 4.86. The van der Waals surface area contributed by atoms with Gasteiger partial charge in [-0.3, -0.25) is 0 Å². The molecule has 0 atom stereocenters. The van der Waals surface area contributed by atoms with Gasteiger partial charge in [0.05, 0.1) is 0 Å². The van der Waals surface area contributed by atoms with Crippen molar-refractivity contribution >= 4 is 44.1 Å². The molecule has 1 nitrogen and oxygen atoms in total. The maximum Gasteiger partial charge on any atom is 0.0183 e. The summed E-state index contributed by atoms with van der Waals surface area (Å²) >= 11 is 0. The van der Waals surface area contributed by atoms with Gasteiger partial charge in [-0.2, -0.15) is 0 Å². The van der Waals surface area contributed by atoms with E-state index in [2.05, 4.69) is 147 Å². The van der Waals surface area contributed by atoms with E-state index in [1.54, 1.807) is 12.2 Å². The molecule has 0 aromatic heterocycles. The van der Waals surface area contributed by atoms with Crippen molar-refractivity contribution in [3.05, 3.63) is 163 Å². The maximum absolute atomic E-state index is 7.44. The highest BCUT2D eigenvalue weighted by atomic mass is 14.3. The average molecular weight is 550 g/mol. The van der Waals surface area contributed by atoms with Crippen molar-refractivity contribution < 1.29 is 0 Å². The summed E-state index contributed by atoms with van der Waals surface area (Å²) in [5.74, 6) is 0. The van der Waals surface area contributed by atoms with Gasteiger partial charge in [-0.1, -0.05) is 140 Å². The monoisotopic (exact) mass is 549 g/mol. The van der Waals surface area contributed by atoms with E-state index in [0.29, 0.717) is 0 Å². The fourth-order valence-corrected chi connectivity index (χ4v) is 6.35. The average Bonchev–Trinajstić information content (AvgIpc) is 3.06. The Kier molecular flexibility index (Phi) is 6.77. The van der Waals surface area contributed by atoms with Crippen LogP contribution in [0.4, 0.5) is 0 Å². The number of hydrogen-bond acceptors (Lipinski definition) is 1. The minimum Gasteiger partial charge on any atom is -0.309 e. The Morgan fingerprint density at radius 3 is 1.70 bits per heavy atom. The van der Waals surface area contributed by atoms with Gasteiger partial charge in [0.15, 0.2) is 0 Å². The highest BCUT2D eigenvalue weighted by molar-refractivity contribution is 6.21. The number of aryl methyl sites for hydroxylation is 1. The summed E-state index contributed by atoms with van der Waals surface area (Å²) in [6.45, 7) is 6.06. The summed E-state index contributed by atoms with van der Waals surface area (Å²) in [4.78, 5) is 0. The molecule has 0 radical (unpaired) electrons. The molecule has 0 bridgehead atoms. The van der Waals surface area contributed by atoms with Crippen LogP contribution < -0.4 is 0 Å². The first-order chi connectivity index (χ1) is 21.1. The summed E-state index contributed by atoms with van der Waals surface area (Å²) in [6, 6.07) is 48.6. The third-order valence-corrected chi connectivity index (χ3v) is 8.40. The summed E-state index contributed by atoms with van der Waals surface area (Å²) in [7, 11) is 0. The van der Waals surface area contributed by atoms with Gasteiger partial charge < -0.3 is 5.41 Å². The zero-order valence-electron chi connectivity index (χ0n) is 24.1. The first kappa shape index (κ1) is 26.4. The molecule has 7 aromatic carbocycles. The lowest BCUT2D eigenvalue weighted by Crippen LogP contribution is -1.91. The minimum absolute atomic E-state index is 0.940. The zero-order valence-corrected chi connectivity index (χ0v) is 24.1. The Hall–Kier alpha value is -5.53. The lowest BCUT2D eigenvalue weighted by Gasteiger charge is -2.18. The first-order valence-corrected chi connectivity index (χ1v) is 14.6. The Morgan fingerprint density at radius 2 is 1.09 bits per heavy atom. The van der Waals surface area contributed by atoms with Crippen molar-refractivity contribution in [3.63, 3.8) is 0 Å². The van der Waals surface area contributed by atoms with Crippen LogP contribution in [0.2, 0.25) is 0 Å². The zero-order chi connectivity index (χ0) is 29.3. The van der Waals surface area contributed by atoms with Gasteiger partial charge in [0.2, 0.25) is 0 Å². The minimum atomic E-state index is 0.940. The van der Waals surface area contributed by atoms with Crippen LogP contribution in [0.15, 0.2) is 152 Å². The van der Waals surface area contributed by atoms with Gasteiger partial charge in [-0.25, -0.2) is 0 Å². The molecule has 0 amide bonds. The van der Waals surface area contributed by atoms with Crippen LogP contribution >= 0.6 is 0 Å². The van der Waals surface area contributed by atoms with Gasteiger partial charge in [0.1, 0.15) is 0 Å². The second-order valence-electron chi connectivity index (χ2n) is 11.1. The molecule has 0 heterocycles. The molecule has 1 heteroatoms. The first-order valence-electron chi connectivity index (χ1n) is 14.6. The van der Waals surface area contributed by atoms with Gasteiger partial charge >= 0.3 is 0 Å². The molecule has 43 heavy (non-hydrogen) atoms. The van der Waals surface area contributed by atoms with E-state index in [4.69, 9.17) is 5.41 Å². The van der Waals surface area contributed by atoms with Crippen LogP contribution in [0.25, 0.3) is 71.3 Å². The normalized spacial score (nSPS) is 11.7. The van der Waals surface area contributed by atoms with E-state index in [0.717, 1.165) is 16.7 Å². The highest BCUT2D eigenvalue weighted by Gasteiger charge is 2.17. The number of nitrogens with one attached hydrogen (secondary N) is 1. The molecular formula is C42H31N. The molecule has 0 unspecified atom stereocenters. The summed E-state index contributed by atoms with van der Waals surface area (Å²) in [5, 5.41) is 15.0. The third-order valence-electron chi connectivity index (χ3n) is 8.40. The topological polar surface area (TPSA) is 23.9 Å². The molecule has 0 aliphatic heterocycles. The van der Waals surface area contributed by atoms with Gasteiger partial charge in [0, 0.05) is 6.21 Å². The lowest BCUT2D eigenvalue weighted by molar-refractivity contribution is 1.51. The molecule has 0 fully saturated rings. The molecule has 0 aliphatic carbocycles. The Morgan fingerprint density at radius 1 is 0.535 bits per heavy atom. The highest BCUT2D eigenvalue weighted by Crippen LogP contribution is 2.44. The second-order valence-corrected chi connectivity index (χ2v) is 11.1. The van der Waals surface area contributed by atoms with E-state index < -0.39 is 0 Å². The van der Waals surface area contributed by atoms with Crippen molar-refractivity contribution in [2.45, 2.75) is 6.92 Å². The smallest absolute Gasteiger partial charge is 0.0183 e. The van der Waals surface area contributed by atoms with Crippen molar-refractivity contribution in [2.75, 3.05) is 0 Å². The summed E-state index contributed by atoms with van der Waals surface area (Å²) < 4.78 is 0. The van der Waals surface area contributed by atoms with Crippen molar-refractivity contribution in [2.24, 2.45) is 0 Å². The van der Waals surface area contributed by atoms with Crippen molar-refractivity contribution in [1.82, 2.24) is 0 Å². The van der Waals surface area contributed by atoms with E-state index in [-0.39, 0.29) is 0 Å². The molecule has 0 saturated carbocycles. The fourth-order valence-electron chi connectivity index (χ4n) is 6.35. The predicted octanol–water partition coefficient (Wildman–Crippen LogP) is 11.7. The number of allylic oxidation sites excluding steroid dienone is 3. The van der Waals surface area contributed by atoms with E-state index in [1.807, 2.05) is 0 Å². The molecule has 0 aliphatic rings. The van der Waals surface area contributed by atoms with Crippen LogP contribution in [-0.2, 0) is 0 Å². The lowest BCUT2D eigenvalue weighted by atomic mass is 9.85. The molecule has 0 saturated heterocycles. The molecule has 7 rings (SSSR count). The standard InChI is InChI=1S/C42H31N/c1-3-29(23-24-43)30-17-19-31(20-18-30)33-9-8-10-34(26-33)41-37-11-4-6-13-39(37)42(40-14-7-5-12-38(40)41)35-22-21-32-16-15-28(2)25-36(32)27-35/h3-27,43H,1H2,2H3/b29-23+,43-24?. The maximum atomic E-state index is 7.44. The van der Waals surface area contributed by atoms with Gasteiger partial charge in [0.25, 0.3) is 0 Å². The Bertz CT molecular complexity index is 2160. The fraction of sp³-hybridized carbons (Fsp3) is 0.0238. The van der Waals surface area contributed by atoms with Crippen LogP contribution in [0.5, 0.6) is 0 Å². The van der Waals surface area contributed by atoms with Gasteiger partial charge in [-0.15, -0.1) is 0 Å². The largest absolute Gasteiger partial charge is 0.309 e. The van der Waals surface area contributed by atoms with Gasteiger partial charge in [-0.05, 0) is 102 Å². The van der Waals surface area contributed by atoms with E-state index >= 15 is 0 Å². The van der Waals surface area contributed by atoms with Crippen LogP contribution in [0.3, 0.4) is 0 Å². The Balaban J connectivity index is 1.43. The van der Waals surface area contributed by atoms with Crippen LogP contribution in [0.1, 0.15) is 11.1 Å². The van der Waals surface area contributed by atoms with E-state index in [1.165, 1.54) is 71.9 Å². The molecule has 204 valence electrons. The van der Waals surface area contributed by atoms with Crippen LogP contribution in [-0.4, -0.2) is 6.21 Å². The van der Waals surface area contributed by atoms with Crippen LogP contribution in [0, 0.1) is 12.3 Å². The Labute approximate surface area is 252 Å². The SMILES string of the molecule is C=C/C(=C\C=N)c1ccc(-c2cccc(-c3c4ccccc4c(-c4ccc5ccc(C)cc5c4)c4ccccc34)c2)cc1. The number of hydrogen-bond donors (Lipinski definition) is 1. The molecule has 1 N–H and O–H groups in total. The molecule has 0 spiro atoms. The molecule has 7 aromatic rings. The van der Waals surface area contributed by atoms with Crippen molar-refractivity contribution in [3.8, 4) is 33.4 Å². The number of rotatable bonds is 6. The van der Waals surface area contributed by atoms with Crippen molar-refractivity contribution in [1.29, 1.82) is 5.41 Å². The second kappa shape index (κ2) is 11.0. The van der Waals surface area contributed by atoms with E-state index in [9.17, 15) is 0 Å². The predicted molar refractivity (Wildman–Crippen MR) is 187 cm³/mol. The number of benzene rings is 7. The third kappa shape index (κ3) is 4.75. The quantitative estimate of drug-likeness (QED) is 0.121.